The predicted molar refractivity (Wildman–Crippen MR) is 60.9 cm³/mol. The van der Waals surface area contributed by atoms with Gasteiger partial charge in [0.1, 0.15) is 0 Å². The first-order valence-corrected chi connectivity index (χ1v) is 7.39. The number of nitrogens with one attached hydrogen (secondary N) is 1. The maximum atomic E-state index is 11.5. The van der Waals surface area contributed by atoms with Gasteiger partial charge in [-0.3, -0.25) is 4.79 Å². The molecule has 1 aliphatic rings. The van der Waals surface area contributed by atoms with Crippen molar-refractivity contribution in [3.05, 3.63) is 0 Å². The van der Waals surface area contributed by atoms with Gasteiger partial charge in [0.15, 0.2) is 9.84 Å². The number of sulfone groups is 1. The van der Waals surface area contributed by atoms with E-state index in [1.165, 1.54) is 13.4 Å². The SMILES string of the molecule is COC(=O)CCNC1CCCC1S(C)(=O)=O. The Morgan fingerprint density at radius 3 is 2.69 bits per heavy atom. The predicted octanol–water partition coefficient (Wildman–Crippen LogP) is 0.105. The van der Waals surface area contributed by atoms with Gasteiger partial charge in [0.05, 0.1) is 18.8 Å². The molecule has 0 heterocycles. The van der Waals surface area contributed by atoms with Gasteiger partial charge in [-0.25, -0.2) is 8.42 Å². The van der Waals surface area contributed by atoms with Crippen LogP contribution < -0.4 is 5.32 Å². The monoisotopic (exact) mass is 249 g/mol. The fraction of sp³-hybridized carbons (Fsp3) is 0.900. The summed E-state index contributed by atoms with van der Waals surface area (Å²) >= 11 is 0. The van der Waals surface area contributed by atoms with E-state index in [1.807, 2.05) is 0 Å². The Morgan fingerprint density at radius 2 is 2.12 bits per heavy atom. The van der Waals surface area contributed by atoms with Crippen LogP contribution in [0.15, 0.2) is 0 Å². The lowest BCUT2D eigenvalue weighted by Gasteiger charge is -2.19. The van der Waals surface area contributed by atoms with Crippen LogP contribution in [0.1, 0.15) is 25.7 Å². The molecule has 0 saturated heterocycles. The van der Waals surface area contributed by atoms with Crippen LogP contribution in [0.3, 0.4) is 0 Å². The highest BCUT2D eigenvalue weighted by Crippen LogP contribution is 2.24. The second-order valence-corrected chi connectivity index (χ2v) is 6.45. The largest absolute Gasteiger partial charge is 0.469 e. The van der Waals surface area contributed by atoms with Crippen LogP contribution in [0.4, 0.5) is 0 Å². The fourth-order valence-electron chi connectivity index (χ4n) is 2.13. The van der Waals surface area contributed by atoms with E-state index >= 15 is 0 Å². The molecule has 0 spiro atoms. The zero-order valence-electron chi connectivity index (χ0n) is 9.73. The molecule has 16 heavy (non-hydrogen) atoms. The van der Waals surface area contributed by atoms with E-state index in [0.29, 0.717) is 13.0 Å². The zero-order valence-corrected chi connectivity index (χ0v) is 10.5. The Hall–Kier alpha value is -0.620. The quantitative estimate of drug-likeness (QED) is 0.700. The van der Waals surface area contributed by atoms with Crippen molar-refractivity contribution in [3.63, 3.8) is 0 Å². The molecule has 1 rings (SSSR count). The first-order chi connectivity index (χ1) is 7.45. The van der Waals surface area contributed by atoms with Gasteiger partial charge in [-0.15, -0.1) is 0 Å². The minimum Gasteiger partial charge on any atom is -0.469 e. The summed E-state index contributed by atoms with van der Waals surface area (Å²) in [6.07, 6.45) is 4.06. The van der Waals surface area contributed by atoms with Gasteiger partial charge < -0.3 is 10.1 Å². The fourth-order valence-corrected chi connectivity index (χ4v) is 3.56. The topological polar surface area (TPSA) is 72.5 Å². The van der Waals surface area contributed by atoms with Crippen LogP contribution in [-0.4, -0.2) is 45.6 Å². The number of hydrogen-bond acceptors (Lipinski definition) is 5. The van der Waals surface area contributed by atoms with Crippen LogP contribution in [0.25, 0.3) is 0 Å². The van der Waals surface area contributed by atoms with E-state index in [1.54, 1.807) is 0 Å². The van der Waals surface area contributed by atoms with Crippen LogP contribution in [0.2, 0.25) is 0 Å². The standard InChI is InChI=1S/C10H19NO4S/c1-15-10(12)6-7-11-8-4-3-5-9(8)16(2,13)14/h8-9,11H,3-7H2,1-2H3. The Bertz CT molecular complexity index is 339. The van der Waals surface area contributed by atoms with Crippen LogP contribution in [-0.2, 0) is 19.4 Å². The molecule has 2 unspecified atom stereocenters. The van der Waals surface area contributed by atoms with Gasteiger partial charge in [-0.1, -0.05) is 6.42 Å². The van der Waals surface area contributed by atoms with E-state index < -0.39 is 9.84 Å². The van der Waals surface area contributed by atoms with Crippen molar-refractivity contribution >= 4 is 15.8 Å². The summed E-state index contributed by atoms with van der Waals surface area (Å²) in [5.74, 6) is -0.276. The van der Waals surface area contributed by atoms with Gasteiger partial charge in [-0.05, 0) is 12.8 Å². The van der Waals surface area contributed by atoms with E-state index in [0.717, 1.165) is 12.8 Å². The summed E-state index contributed by atoms with van der Waals surface area (Å²) in [7, 11) is -1.64. The smallest absolute Gasteiger partial charge is 0.306 e. The lowest BCUT2D eigenvalue weighted by molar-refractivity contribution is -0.140. The Balaban J connectivity index is 2.39. The molecule has 94 valence electrons. The van der Waals surface area contributed by atoms with Crippen molar-refractivity contribution in [2.45, 2.75) is 37.0 Å². The number of carbonyl (C=O) groups excluding carboxylic acids is 1. The highest BCUT2D eigenvalue weighted by Gasteiger charge is 2.34. The first-order valence-electron chi connectivity index (χ1n) is 5.44. The molecule has 1 fully saturated rings. The molecule has 5 nitrogen and oxygen atoms in total. The molecule has 0 aromatic rings. The normalized spacial score (nSPS) is 25.6. The van der Waals surface area contributed by atoms with Crippen molar-refractivity contribution in [1.29, 1.82) is 0 Å². The summed E-state index contributed by atoms with van der Waals surface area (Å²) in [4.78, 5) is 10.9. The molecule has 0 bridgehead atoms. The number of rotatable bonds is 5. The summed E-state index contributed by atoms with van der Waals surface area (Å²) in [6, 6.07) is -0.0142. The molecule has 0 aromatic carbocycles. The maximum Gasteiger partial charge on any atom is 0.306 e. The Morgan fingerprint density at radius 1 is 1.44 bits per heavy atom. The van der Waals surface area contributed by atoms with Crippen molar-refractivity contribution in [2.24, 2.45) is 0 Å². The second kappa shape index (κ2) is 5.63. The third-order valence-corrected chi connectivity index (χ3v) is 4.63. The molecule has 0 aromatic heterocycles. The Kier molecular flexibility index (Phi) is 4.73. The first kappa shape index (κ1) is 13.4. The molecular formula is C10H19NO4S. The average Bonchev–Trinajstić information content (AvgIpc) is 2.65. The van der Waals surface area contributed by atoms with Gasteiger partial charge >= 0.3 is 5.97 Å². The van der Waals surface area contributed by atoms with Gasteiger partial charge in [-0.2, -0.15) is 0 Å². The highest BCUT2D eigenvalue weighted by molar-refractivity contribution is 7.91. The summed E-state index contributed by atoms with van der Waals surface area (Å²) in [5, 5.41) is 2.82. The summed E-state index contributed by atoms with van der Waals surface area (Å²) in [5.41, 5.74) is 0. The molecule has 1 saturated carbocycles. The molecule has 0 radical (unpaired) electrons. The van der Waals surface area contributed by atoms with Crippen molar-refractivity contribution in [2.75, 3.05) is 19.9 Å². The molecule has 0 aliphatic heterocycles. The molecule has 0 amide bonds. The summed E-state index contributed by atoms with van der Waals surface area (Å²) < 4.78 is 27.4. The second-order valence-electron chi connectivity index (χ2n) is 4.19. The van der Waals surface area contributed by atoms with Crippen molar-refractivity contribution < 1.29 is 17.9 Å². The van der Waals surface area contributed by atoms with Crippen LogP contribution in [0, 0.1) is 0 Å². The molecule has 2 atom stereocenters. The zero-order chi connectivity index (χ0) is 12.2. The van der Waals surface area contributed by atoms with Crippen LogP contribution in [0.5, 0.6) is 0 Å². The molecule has 6 heteroatoms. The average molecular weight is 249 g/mol. The molecule has 1 aliphatic carbocycles. The lowest BCUT2D eigenvalue weighted by Crippen LogP contribution is -2.40. The Labute approximate surface area is 96.5 Å². The molecular weight excluding hydrogens is 230 g/mol. The number of ether oxygens (including phenoxy) is 1. The van der Waals surface area contributed by atoms with E-state index in [9.17, 15) is 13.2 Å². The van der Waals surface area contributed by atoms with Crippen molar-refractivity contribution in [1.82, 2.24) is 5.32 Å². The third-order valence-electron chi connectivity index (χ3n) is 2.97. The minimum absolute atomic E-state index is 0.0142. The van der Waals surface area contributed by atoms with Crippen LogP contribution >= 0.6 is 0 Å². The third kappa shape index (κ3) is 3.75. The highest BCUT2D eigenvalue weighted by atomic mass is 32.2. The van der Waals surface area contributed by atoms with Gasteiger partial charge in [0, 0.05) is 18.8 Å². The molecule has 1 N–H and O–H groups in total. The van der Waals surface area contributed by atoms with Crippen molar-refractivity contribution in [3.8, 4) is 0 Å². The maximum absolute atomic E-state index is 11.5. The lowest BCUT2D eigenvalue weighted by atomic mass is 10.2. The van der Waals surface area contributed by atoms with E-state index in [4.69, 9.17) is 0 Å². The van der Waals surface area contributed by atoms with E-state index in [2.05, 4.69) is 10.1 Å². The van der Waals surface area contributed by atoms with Gasteiger partial charge in [0.2, 0.25) is 0 Å². The number of carbonyl (C=O) groups is 1. The number of esters is 1. The minimum atomic E-state index is -2.99. The van der Waals surface area contributed by atoms with Gasteiger partial charge in [0.25, 0.3) is 0 Å². The number of hydrogen-bond donors (Lipinski definition) is 1. The van der Waals surface area contributed by atoms with E-state index in [-0.39, 0.29) is 23.7 Å². The summed E-state index contributed by atoms with van der Waals surface area (Å²) in [6.45, 7) is 0.476. The number of methoxy groups -OCH3 is 1.